The first-order chi connectivity index (χ1) is 13.3. The van der Waals surface area contributed by atoms with E-state index in [-0.39, 0.29) is 6.04 Å². The molecule has 7 heteroatoms. The first kappa shape index (κ1) is 19.0. The largest absolute Gasteiger partial charge is 0.386 e. The van der Waals surface area contributed by atoms with E-state index in [0.717, 1.165) is 25.7 Å². The second-order valence-electron chi connectivity index (χ2n) is 7.19. The van der Waals surface area contributed by atoms with Crippen molar-refractivity contribution in [1.29, 1.82) is 0 Å². The Hall–Kier alpha value is -2.30. The number of thiophene rings is 1. The van der Waals surface area contributed by atoms with Crippen LogP contribution in [-0.4, -0.2) is 27.0 Å². The maximum Gasteiger partial charge on any atom is 0.299 e. The number of nitrogens with two attached hydrogens (primary N) is 1. The van der Waals surface area contributed by atoms with E-state index in [1.54, 1.807) is 17.4 Å². The van der Waals surface area contributed by atoms with Crippen molar-refractivity contribution in [2.75, 3.05) is 5.75 Å². The molecule has 2 N–H and O–H groups in total. The van der Waals surface area contributed by atoms with Crippen LogP contribution in [0.2, 0.25) is 0 Å². The predicted molar refractivity (Wildman–Crippen MR) is 114 cm³/mol. The van der Waals surface area contributed by atoms with Gasteiger partial charge in [0.05, 0.1) is 16.5 Å². The van der Waals surface area contributed by atoms with Crippen LogP contribution in [0.25, 0.3) is 20.2 Å². The molecule has 1 aliphatic rings. The van der Waals surface area contributed by atoms with Crippen LogP contribution in [0.1, 0.15) is 31.0 Å². The van der Waals surface area contributed by atoms with E-state index in [9.17, 15) is 13.0 Å². The smallest absolute Gasteiger partial charge is 0.299 e. The van der Waals surface area contributed by atoms with Crippen LogP contribution >= 0.6 is 11.3 Å². The Morgan fingerprint density at radius 1 is 1.21 bits per heavy atom. The van der Waals surface area contributed by atoms with Crippen LogP contribution in [0.5, 0.6) is 0 Å². The minimum atomic E-state index is -2.65. The van der Waals surface area contributed by atoms with Gasteiger partial charge in [-0.25, -0.2) is 0 Å². The zero-order valence-electron chi connectivity index (χ0n) is 15.3. The number of halogens is 2. The molecule has 1 aromatic heterocycles. The van der Waals surface area contributed by atoms with Crippen LogP contribution in [0.3, 0.4) is 0 Å². The number of benzene rings is 2. The highest BCUT2D eigenvalue weighted by Gasteiger charge is 2.37. The van der Waals surface area contributed by atoms with Crippen molar-refractivity contribution in [3.05, 3.63) is 47.5 Å². The lowest BCUT2D eigenvalue weighted by molar-refractivity contribution is 0.215. The molecule has 2 heterocycles. The fourth-order valence-electron chi connectivity index (χ4n) is 3.22. The molecular formula is C21H18F2N2OS2. The van der Waals surface area contributed by atoms with Crippen molar-refractivity contribution < 1.29 is 13.0 Å². The van der Waals surface area contributed by atoms with Gasteiger partial charge in [0.1, 0.15) is 5.84 Å². The summed E-state index contributed by atoms with van der Waals surface area (Å²) >= 11 is 1.63. The molecule has 0 radical (unpaired) electrons. The maximum atomic E-state index is 12.6. The predicted octanol–water partition coefficient (Wildman–Crippen LogP) is 4.61. The summed E-state index contributed by atoms with van der Waals surface area (Å²) in [5, 5.41) is 1.99. The summed E-state index contributed by atoms with van der Waals surface area (Å²) in [4.78, 5) is 4.59. The Morgan fingerprint density at radius 3 is 2.57 bits per heavy atom. The van der Waals surface area contributed by atoms with Crippen molar-refractivity contribution >= 4 is 48.1 Å². The molecule has 28 heavy (non-hydrogen) atoms. The van der Waals surface area contributed by atoms with Gasteiger partial charge < -0.3 is 5.73 Å². The number of hydrogen-bond donors (Lipinski definition) is 1. The summed E-state index contributed by atoms with van der Waals surface area (Å²) < 4.78 is 38.9. The molecule has 0 amide bonds. The average Bonchev–Trinajstić information content (AvgIpc) is 3.01. The lowest BCUT2D eigenvalue weighted by Gasteiger charge is -2.31. The normalized spacial score (nSPS) is 21.5. The minimum Gasteiger partial charge on any atom is -0.386 e. The molecule has 2 atom stereocenters. The summed E-state index contributed by atoms with van der Waals surface area (Å²) in [6, 6.07) is 11.3. The van der Waals surface area contributed by atoms with Crippen molar-refractivity contribution in [2.45, 2.75) is 31.1 Å². The summed E-state index contributed by atoms with van der Waals surface area (Å²) in [6.45, 7) is 3.69. The molecule has 3 aromatic rings. The molecule has 0 fully saturated rings. The van der Waals surface area contributed by atoms with Crippen molar-refractivity contribution in [3.8, 4) is 11.8 Å². The fraction of sp³-hybridized carbons (Fsp3) is 0.286. The lowest BCUT2D eigenvalue weighted by Crippen LogP contribution is -2.47. The van der Waals surface area contributed by atoms with Crippen LogP contribution in [-0.2, 0) is 10.8 Å². The molecular weight excluding hydrogens is 398 g/mol. The zero-order valence-corrected chi connectivity index (χ0v) is 17.0. The minimum absolute atomic E-state index is 0.255. The molecule has 4 rings (SSSR count). The van der Waals surface area contributed by atoms with E-state index in [1.807, 2.05) is 50.1 Å². The molecule has 0 spiro atoms. The molecule has 0 saturated carbocycles. The van der Waals surface area contributed by atoms with E-state index >= 15 is 0 Å². The van der Waals surface area contributed by atoms with Gasteiger partial charge >= 0.3 is 0 Å². The quantitative estimate of drug-likeness (QED) is 0.589. The van der Waals surface area contributed by atoms with Crippen LogP contribution in [0, 0.1) is 11.8 Å². The Balaban J connectivity index is 1.81. The number of amidine groups is 1. The second kappa shape index (κ2) is 6.94. The molecule has 0 saturated heterocycles. The Kier molecular flexibility index (Phi) is 4.72. The van der Waals surface area contributed by atoms with Crippen LogP contribution in [0.15, 0.2) is 41.4 Å². The molecule has 3 nitrogen and oxygen atoms in total. The highest BCUT2D eigenvalue weighted by molar-refractivity contribution is 7.87. The first-order valence-corrected chi connectivity index (χ1v) is 10.9. The summed E-state index contributed by atoms with van der Waals surface area (Å²) in [6.07, 6.45) is -2.65. The SMILES string of the molecule is CC1(C)C(N)=NC(c2ccc3sc4ccc(C#CC(F)F)cc4c3c2)CS1=O. The topological polar surface area (TPSA) is 55.4 Å². The number of fused-ring (bicyclic) bond motifs is 3. The third kappa shape index (κ3) is 3.31. The standard InChI is InChI=1S/C21H18F2N2OS2/c1-21(2)20(24)25-16(11-28(21)26)13-5-7-18-15(10-13)14-9-12(4-8-19(22)23)3-6-17(14)27-18/h3,5-7,9-10,16,19H,11H2,1-2H3,(H2,24,25). The second-order valence-corrected chi connectivity index (χ2v) is 10.3. The summed E-state index contributed by atoms with van der Waals surface area (Å²) in [7, 11) is -1.12. The molecule has 0 bridgehead atoms. The van der Waals surface area contributed by atoms with Gasteiger partial charge in [0.2, 0.25) is 0 Å². The monoisotopic (exact) mass is 416 g/mol. The van der Waals surface area contributed by atoms with E-state index < -0.39 is 22.0 Å². The van der Waals surface area contributed by atoms with Gasteiger partial charge in [0, 0.05) is 36.5 Å². The fourth-order valence-corrected chi connectivity index (χ4v) is 5.54. The summed E-state index contributed by atoms with van der Waals surface area (Å²) in [5.41, 5.74) is 7.58. The first-order valence-electron chi connectivity index (χ1n) is 8.74. The zero-order chi connectivity index (χ0) is 20.1. The Morgan fingerprint density at radius 2 is 1.89 bits per heavy atom. The average molecular weight is 417 g/mol. The van der Waals surface area contributed by atoms with E-state index in [0.29, 0.717) is 17.2 Å². The molecule has 2 aromatic carbocycles. The van der Waals surface area contributed by atoms with Crippen molar-refractivity contribution in [2.24, 2.45) is 10.7 Å². The third-order valence-electron chi connectivity index (χ3n) is 4.99. The molecule has 1 aliphatic heterocycles. The Labute approximate surface area is 168 Å². The number of aliphatic imine (C=N–C) groups is 1. The van der Waals surface area contributed by atoms with Gasteiger partial charge in [-0.05, 0) is 55.7 Å². The molecule has 2 unspecified atom stereocenters. The number of alkyl halides is 2. The summed E-state index contributed by atoms with van der Waals surface area (Å²) in [5.74, 6) is 5.24. The van der Waals surface area contributed by atoms with Crippen molar-refractivity contribution in [1.82, 2.24) is 0 Å². The number of nitrogens with zero attached hydrogens (tertiary/aromatic N) is 1. The van der Waals surface area contributed by atoms with E-state index in [4.69, 9.17) is 5.73 Å². The van der Waals surface area contributed by atoms with Gasteiger partial charge in [-0.1, -0.05) is 12.0 Å². The number of hydrogen-bond acceptors (Lipinski definition) is 4. The van der Waals surface area contributed by atoms with Gasteiger partial charge in [-0.2, -0.15) is 8.78 Å². The van der Waals surface area contributed by atoms with E-state index in [1.165, 1.54) is 0 Å². The van der Waals surface area contributed by atoms with Gasteiger partial charge in [-0.3, -0.25) is 9.20 Å². The van der Waals surface area contributed by atoms with Crippen LogP contribution < -0.4 is 5.73 Å². The maximum absolute atomic E-state index is 12.6. The number of rotatable bonds is 1. The lowest BCUT2D eigenvalue weighted by atomic mass is 10.0. The molecule has 144 valence electrons. The van der Waals surface area contributed by atoms with E-state index in [2.05, 4.69) is 10.9 Å². The van der Waals surface area contributed by atoms with Crippen LogP contribution in [0.4, 0.5) is 8.78 Å². The Bertz CT molecular complexity index is 1200. The highest BCUT2D eigenvalue weighted by atomic mass is 32.2. The van der Waals surface area contributed by atoms with Gasteiger partial charge in [0.25, 0.3) is 6.43 Å². The highest BCUT2D eigenvalue weighted by Crippen LogP contribution is 2.37. The molecule has 0 aliphatic carbocycles. The van der Waals surface area contributed by atoms with Crippen molar-refractivity contribution in [3.63, 3.8) is 0 Å². The van der Waals surface area contributed by atoms with Gasteiger partial charge in [0.15, 0.2) is 0 Å². The van der Waals surface area contributed by atoms with Gasteiger partial charge in [-0.15, -0.1) is 11.3 Å². The third-order valence-corrected chi connectivity index (χ3v) is 8.11.